The minimum absolute atomic E-state index is 0.345. The molecular weight excluding hydrogens is 188 g/mol. The van der Waals surface area contributed by atoms with Gasteiger partial charge in [-0.05, 0) is 31.7 Å². The van der Waals surface area contributed by atoms with Crippen molar-refractivity contribution in [2.75, 3.05) is 18.4 Å². The third-order valence-electron chi connectivity index (χ3n) is 3.49. The standard InChI is InChI=1S/C11H20N4/c1-9-6-10(15(2)14-9)13-8-11(7-12)4-3-5-11/h6,13H,3-5,7-8,12H2,1-2H3. The highest BCUT2D eigenvalue weighted by Crippen LogP contribution is 2.39. The first kappa shape index (κ1) is 10.5. The Kier molecular flexibility index (Phi) is 2.69. The van der Waals surface area contributed by atoms with E-state index in [1.807, 2.05) is 18.7 Å². The summed E-state index contributed by atoms with van der Waals surface area (Å²) in [5.74, 6) is 1.09. The highest BCUT2D eigenvalue weighted by Gasteiger charge is 2.35. The zero-order valence-corrected chi connectivity index (χ0v) is 9.58. The number of hydrogen-bond acceptors (Lipinski definition) is 3. The van der Waals surface area contributed by atoms with Crippen LogP contribution in [0, 0.1) is 12.3 Å². The summed E-state index contributed by atoms with van der Waals surface area (Å²) in [4.78, 5) is 0. The third-order valence-corrected chi connectivity index (χ3v) is 3.49. The Morgan fingerprint density at radius 2 is 2.33 bits per heavy atom. The molecule has 1 heterocycles. The zero-order chi connectivity index (χ0) is 10.9. The molecule has 0 radical (unpaired) electrons. The van der Waals surface area contributed by atoms with E-state index in [2.05, 4.69) is 16.5 Å². The molecule has 0 bridgehead atoms. The van der Waals surface area contributed by atoms with Crippen LogP contribution in [0.5, 0.6) is 0 Å². The van der Waals surface area contributed by atoms with E-state index in [-0.39, 0.29) is 0 Å². The van der Waals surface area contributed by atoms with E-state index in [0.717, 1.165) is 24.6 Å². The molecule has 1 aromatic rings. The molecule has 0 amide bonds. The predicted molar refractivity (Wildman–Crippen MR) is 61.8 cm³/mol. The van der Waals surface area contributed by atoms with Crippen LogP contribution < -0.4 is 11.1 Å². The van der Waals surface area contributed by atoms with Crippen molar-refractivity contribution < 1.29 is 0 Å². The number of nitrogens with one attached hydrogen (secondary N) is 1. The second kappa shape index (κ2) is 3.85. The molecule has 4 heteroatoms. The first-order valence-electron chi connectivity index (χ1n) is 5.60. The van der Waals surface area contributed by atoms with Crippen molar-refractivity contribution in [1.82, 2.24) is 9.78 Å². The van der Waals surface area contributed by atoms with Crippen LogP contribution in [0.1, 0.15) is 25.0 Å². The average Bonchev–Trinajstić information content (AvgIpc) is 2.44. The van der Waals surface area contributed by atoms with Crippen LogP contribution in [0.4, 0.5) is 5.82 Å². The molecule has 0 spiro atoms. The molecule has 1 aromatic heterocycles. The molecule has 3 N–H and O–H groups in total. The Morgan fingerprint density at radius 1 is 1.60 bits per heavy atom. The van der Waals surface area contributed by atoms with Crippen molar-refractivity contribution in [3.63, 3.8) is 0 Å². The van der Waals surface area contributed by atoms with E-state index in [0.29, 0.717) is 5.41 Å². The molecule has 1 saturated carbocycles. The van der Waals surface area contributed by atoms with Gasteiger partial charge < -0.3 is 11.1 Å². The van der Waals surface area contributed by atoms with Crippen molar-refractivity contribution in [3.8, 4) is 0 Å². The van der Waals surface area contributed by atoms with Gasteiger partial charge in [0.15, 0.2) is 0 Å². The monoisotopic (exact) mass is 208 g/mol. The average molecular weight is 208 g/mol. The Balaban J connectivity index is 1.95. The molecule has 1 fully saturated rings. The Hall–Kier alpha value is -1.03. The van der Waals surface area contributed by atoms with Crippen LogP contribution in [0.2, 0.25) is 0 Å². The van der Waals surface area contributed by atoms with E-state index in [9.17, 15) is 0 Å². The fraction of sp³-hybridized carbons (Fsp3) is 0.727. The van der Waals surface area contributed by atoms with Crippen molar-refractivity contribution in [3.05, 3.63) is 11.8 Å². The van der Waals surface area contributed by atoms with Gasteiger partial charge in [-0.1, -0.05) is 6.42 Å². The predicted octanol–water partition coefficient (Wildman–Crippen LogP) is 1.27. The summed E-state index contributed by atoms with van der Waals surface area (Å²) in [7, 11) is 1.96. The highest BCUT2D eigenvalue weighted by molar-refractivity contribution is 5.37. The molecule has 0 atom stereocenters. The number of nitrogens with two attached hydrogens (primary N) is 1. The Labute approximate surface area is 90.8 Å². The van der Waals surface area contributed by atoms with Gasteiger partial charge in [0.2, 0.25) is 0 Å². The molecule has 2 rings (SSSR count). The van der Waals surface area contributed by atoms with Crippen molar-refractivity contribution >= 4 is 5.82 Å². The number of nitrogens with zero attached hydrogens (tertiary/aromatic N) is 2. The number of aryl methyl sites for hydroxylation is 2. The first-order chi connectivity index (χ1) is 7.15. The van der Waals surface area contributed by atoms with Crippen LogP contribution in [-0.2, 0) is 7.05 Å². The summed E-state index contributed by atoms with van der Waals surface area (Å²) in [5.41, 5.74) is 7.21. The third kappa shape index (κ3) is 2.00. The van der Waals surface area contributed by atoms with Gasteiger partial charge in [-0.3, -0.25) is 4.68 Å². The molecule has 0 unspecified atom stereocenters. The van der Waals surface area contributed by atoms with Gasteiger partial charge in [0.05, 0.1) is 5.69 Å². The van der Waals surface area contributed by atoms with Crippen LogP contribution in [-0.4, -0.2) is 22.9 Å². The fourth-order valence-electron chi connectivity index (χ4n) is 2.18. The first-order valence-corrected chi connectivity index (χ1v) is 5.60. The van der Waals surface area contributed by atoms with Crippen LogP contribution in [0.3, 0.4) is 0 Å². The summed E-state index contributed by atoms with van der Waals surface area (Å²) in [5, 5.41) is 7.75. The molecule has 4 nitrogen and oxygen atoms in total. The summed E-state index contributed by atoms with van der Waals surface area (Å²) < 4.78 is 1.89. The maximum atomic E-state index is 5.81. The second-order valence-corrected chi connectivity index (χ2v) is 4.71. The summed E-state index contributed by atoms with van der Waals surface area (Å²) in [6.45, 7) is 3.77. The molecule has 15 heavy (non-hydrogen) atoms. The van der Waals surface area contributed by atoms with Crippen LogP contribution in [0.25, 0.3) is 0 Å². The summed E-state index contributed by atoms with van der Waals surface area (Å²) in [6.07, 6.45) is 3.84. The summed E-state index contributed by atoms with van der Waals surface area (Å²) >= 11 is 0. The Morgan fingerprint density at radius 3 is 2.73 bits per heavy atom. The van der Waals surface area contributed by atoms with Gasteiger partial charge in [-0.25, -0.2) is 0 Å². The topological polar surface area (TPSA) is 55.9 Å². The largest absolute Gasteiger partial charge is 0.370 e. The molecule has 0 aliphatic heterocycles. The van der Waals surface area contributed by atoms with Gasteiger partial charge in [-0.2, -0.15) is 5.10 Å². The van der Waals surface area contributed by atoms with Crippen LogP contribution in [0.15, 0.2) is 6.07 Å². The smallest absolute Gasteiger partial charge is 0.124 e. The molecule has 1 aliphatic carbocycles. The van der Waals surface area contributed by atoms with Gasteiger partial charge >= 0.3 is 0 Å². The number of hydrogen-bond donors (Lipinski definition) is 2. The van der Waals surface area contributed by atoms with Crippen molar-refractivity contribution in [1.29, 1.82) is 0 Å². The number of aromatic nitrogens is 2. The van der Waals surface area contributed by atoms with Gasteiger partial charge in [-0.15, -0.1) is 0 Å². The van der Waals surface area contributed by atoms with Gasteiger partial charge in [0.1, 0.15) is 5.82 Å². The lowest BCUT2D eigenvalue weighted by atomic mass is 9.69. The lowest BCUT2D eigenvalue weighted by molar-refractivity contribution is 0.162. The molecule has 1 aliphatic rings. The lowest BCUT2D eigenvalue weighted by Crippen LogP contribution is -2.43. The van der Waals surface area contributed by atoms with E-state index in [4.69, 9.17) is 5.73 Å². The van der Waals surface area contributed by atoms with Gasteiger partial charge in [0.25, 0.3) is 0 Å². The lowest BCUT2D eigenvalue weighted by Gasteiger charge is -2.41. The maximum absolute atomic E-state index is 5.81. The van der Waals surface area contributed by atoms with Crippen molar-refractivity contribution in [2.24, 2.45) is 18.2 Å². The van der Waals surface area contributed by atoms with Crippen LogP contribution >= 0.6 is 0 Å². The molecular formula is C11H20N4. The normalized spacial score (nSPS) is 18.6. The number of anilines is 1. The van der Waals surface area contributed by atoms with E-state index in [1.165, 1.54) is 19.3 Å². The highest BCUT2D eigenvalue weighted by atomic mass is 15.3. The minimum Gasteiger partial charge on any atom is -0.370 e. The van der Waals surface area contributed by atoms with Gasteiger partial charge in [0, 0.05) is 19.7 Å². The van der Waals surface area contributed by atoms with E-state index < -0.39 is 0 Å². The quantitative estimate of drug-likeness (QED) is 0.783. The van der Waals surface area contributed by atoms with E-state index >= 15 is 0 Å². The molecule has 0 saturated heterocycles. The Bertz CT molecular complexity index is 333. The summed E-state index contributed by atoms with van der Waals surface area (Å²) in [6, 6.07) is 2.07. The maximum Gasteiger partial charge on any atom is 0.124 e. The van der Waals surface area contributed by atoms with Crippen molar-refractivity contribution in [2.45, 2.75) is 26.2 Å². The SMILES string of the molecule is Cc1cc(NCC2(CN)CCC2)n(C)n1. The fourth-order valence-corrected chi connectivity index (χ4v) is 2.18. The molecule has 0 aromatic carbocycles. The second-order valence-electron chi connectivity index (χ2n) is 4.71. The number of rotatable bonds is 4. The van der Waals surface area contributed by atoms with E-state index in [1.54, 1.807) is 0 Å². The molecule has 84 valence electrons. The zero-order valence-electron chi connectivity index (χ0n) is 9.58. The minimum atomic E-state index is 0.345.